The minimum atomic E-state index is -1.30. The summed E-state index contributed by atoms with van der Waals surface area (Å²) >= 11 is 0. The van der Waals surface area contributed by atoms with Crippen molar-refractivity contribution in [2.24, 2.45) is 0 Å². The number of hydroxylamine groups is 1. The van der Waals surface area contributed by atoms with Gasteiger partial charge in [-0.25, -0.2) is 5.48 Å². The zero-order chi connectivity index (χ0) is 25.9. The van der Waals surface area contributed by atoms with Crippen LogP contribution >= 0.6 is 0 Å². The first-order valence-electron chi connectivity index (χ1n) is 11.1. The summed E-state index contributed by atoms with van der Waals surface area (Å²) in [6.07, 6.45) is -1.20. The number of aliphatic hydroxyl groups is 1. The Labute approximate surface area is 208 Å². The molecule has 3 amide bonds. The molecule has 3 aromatic rings. The van der Waals surface area contributed by atoms with Crippen LogP contribution in [0.15, 0.2) is 78.9 Å². The molecule has 0 saturated heterocycles. The fraction of sp³-hybridized carbons (Fsp3) is 0.148. The highest BCUT2D eigenvalue weighted by atomic mass is 16.5. The Kier molecular flexibility index (Phi) is 9.17. The number of carbonyl (C=O) groups is 3. The summed E-state index contributed by atoms with van der Waals surface area (Å²) in [5.41, 5.74) is 4.60. The molecule has 0 fully saturated rings. The summed E-state index contributed by atoms with van der Waals surface area (Å²) in [5.74, 6) is 4.34. The van der Waals surface area contributed by atoms with Gasteiger partial charge >= 0.3 is 0 Å². The molecule has 0 spiro atoms. The van der Waals surface area contributed by atoms with E-state index in [0.717, 1.165) is 11.3 Å². The zero-order valence-corrected chi connectivity index (χ0v) is 19.5. The molecule has 0 heterocycles. The summed E-state index contributed by atoms with van der Waals surface area (Å²) in [5, 5.41) is 26.6. The van der Waals surface area contributed by atoms with Crippen molar-refractivity contribution in [2.45, 2.75) is 19.1 Å². The Morgan fingerprint density at radius 3 is 1.97 bits per heavy atom. The van der Waals surface area contributed by atoms with E-state index in [0.29, 0.717) is 11.3 Å². The molecule has 0 aliphatic rings. The summed E-state index contributed by atoms with van der Waals surface area (Å²) in [4.78, 5) is 36.0. The second-order valence-corrected chi connectivity index (χ2v) is 7.84. The van der Waals surface area contributed by atoms with Crippen LogP contribution in [0.3, 0.4) is 0 Å². The fourth-order valence-corrected chi connectivity index (χ4v) is 3.13. The van der Waals surface area contributed by atoms with Gasteiger partial charge < -0.3 is 21.1 Å². The van der Waals surface area contributed by atoms with Crippen LogP contribution in [0.5, 0.6) is 0 Å². The first kappa shape index (κ1) is 26.0. The molecule has 0 bridgehead atoms. The lowest BCUT2D eigenvalue weighted by molar-refractivity contribution is -0.133. The van der Waals surface area contributed by atoms with Gasteiger partial charge in [0.05, 0.1) is 12.6 Å². The maximum absolute atomic E-state index is 12.3. The van der Waals surface area contributed by atoms with Gasteiger partial charge in [0.25, 0.3) is 11.8 Å². The summed E-state index contributed by atoms with van der Waals surface area (Å²) in [7, 11) is 0. The predicted molar refractivity (Wildman–Crippen MR) is 135 cm³/mol. The van der Waals surface area contributed by atoms with E-state index in [-0.39, 0.29) is 18.0 Å². The van der Waals surface area contributed by atoms with Crippen LogP contribution in [0, 0.1) is 11.8 Å². The van der Waals surface area contributed by atoms with Crippen molar-refractivity contribution in [1.82, 2.24) is 10.8 Å². The van der Waals surface area contributed by atoms with Crippen molar-refractivity contribution in [3.05, 3.63) is 95.6 Å². The Hall–Kier alpha value is -4.65. The summed E-state index contributed by atoms with van der Waals surface area (Å²) in [6, 6.07) is 21.6. The molecular formula is C27H26N4O5. The molecule has 0 saturated carbocycles. The van der Waals surface area contributed by atoms with Crippen LogP contribution in [0.2, 0.25) is 0 Å². The minimum absolute atomic E-state index is 0.147. The molecule has 3 aromatic carbocycles. The van der Waals surface area contributed by atoms with E-state index in [1.54, 1.807) is 36.4 Å². The lowest BCUT2D eigenvalue weighted by Crippen LogP contribution is -2.51. The van der Waals surface area contributed by atoms with Gasteiger partial charge in [-0.2, -0.15) is 0 Å². The van der Waals surface area contributed by atoms with Crippen molar-refractivity contribution in [2.75, 3.05) is 17.2 Å². The third-order valence-corrected chi connectivity index (χ3v) is 5.06. The normalized spacial score (nSPS) is 11.8. The summed E-state index contributed by atoms with van der Waals surface area (Å²) < 4.78 is 0. The standard InChI is InChI=1S/C27H26N4O5/c1-18(32)25(27(35)31-36)30-26(34)21-13-9-19(10-14-21)7-8-20-11-15-23(16-12-20)29-24(33)17-28-22-5-3-2-4-6-22/h2-6,9-16,18,25,28,32,36H,17H2,1H3,(H,29,33)(H,30,34)(H,31,35). The van der Waals surface area contributed by atoms with Gasteiger partial charge in [0.15, 0.2) is 0 Å². The van der Waals surface area contributed by atoms with Gasteiger partial charge in [0.2, 0.25) is 5.91 Å². The van der Waals surface area contributed by atoms with Crippen LogP contribution in [-0.4, -0.2) is 46.7 Å². The molecule has 6 N–H and O–H groups in total. The average molecular weight is 487 g/mol. The van der Waals surface area contributed by atoms with E-state index >= 15 is 0 Å². The van der Waals surface area contributed by atoms with Crippen LogP contribution < -0.4 is 21.4 Å². The number of carbonyl (C=O) groups excluding carboxylic acids is 3. The molecule has 9 nitrogen and oxygen atoms in total. The molecule has 2 atom stereocenters. The Morgan fingerprint density at radius 2 is 1.42 bits per heavy atom. The third kappa shape index (κ3) is 7.70. The predicted octanol–water partition coefficient (Wildman–Crippen LogP) is 2.12. The lowest BCUT2D eigenvalue weighted by Gasteiger charge is -2.19. The van der Waals surface area contributed by atoms with E-state index in [4.69, 9.17) is 5.21 Å². The average Bonchev–Trinajstić information content (AvgIpc) is 2.90. The largest absolute Gasteiger partial charge is 0.391 e. The van der Waals surface area contributed by atoms with Crippen molar-refractivity contribution in [3.63, 3.8) is 0 Å². The van der Waals surface area contributed by atoms with Crippen LogP contribution in [0.1, 0.15) is 28.4 Å². The van der Waals surface area contributed by atoms with Crippen molar-refractivity contribution < 1.29 is 24.7 Å². The van der Waals surface area contributed by atoms with Gasteiger partial charge in [-0.15, -0.1) is 0 Å². The van der Waals surface area contributed by atoms with E-state index < -0.39 is 24.0 Å². The van der Waals surface area contributed by atoms with Gasteiger partial charge in [-0.3, -0.25) is 19.6 Å². The number of rotatable bonds is 8. The summed E-state index contributed by atoms with van der Waals surface area (Å²) in [6.45, 7) is 1.47. The number of aliphatic hydroxyl groups excluding tert-OH is 1. The number of benzene rings is 3. The van der Waals surface area contributed by atoms with Gasteiger partial charge in [0.1, 0.15) is 6.04 Å². The SMILES string of the molecule is CC(O)C(NC(=O)c1ccc(C#Cc2ccc(NC(=O)CNc3ccccc3)cc2)cc1)C(=O)NO. The smallest absolute Gasteiger partial charge is 0.268 e. The molecule has 0 aromatic heterocycles. The van der Waals surface area contributed by atoms with E-state index in [1.165, 1.54) is 24.5 Å². The van der Waals surface area contributed by atoms with Crippen molar-refractivity contribution >= 4 is 29.1 Å². The van der Waals surface area contributed by atoms with Crippen LogP contribution in [-0.2, 0) is 9.59 Å². The van der Waals surface area contributed by atoms with Crippen LogP contribution in [0.25, 0.3) is 0 Å². The Morgan fingerprint density at radius 1 is 0.833 bits per heavy atom. The maximum atomic E-state index is 12.3. The first-order chi connectivity index (χ1) is 17.4. The molecule has 184 valence electrons. The van der Waals surface area contributed by atoms with Crippen LogP contribution in [0.4, 0.5) is 11.4 Å². The quantitative estimate of drug-likeness (QED) is 0.164. The third-order valence-electron chi connectivity index (χ3n) is 5.06. The number of para-hydroxylation sites is 1. The first-order valence-corrected chi connectivity index (χ1v) is 11.1. The lowest BCUT2D eigenvalue weighted by atomic mass is 10.1. The topological polar surface area (TPSA) is 140 Å². The Bertz CT molecular complexity index is 1250. The van der Waals surface area contributed by atoms with E-state index in [9.17, 15) is 19.5 Å². The van der Waals surface area contributed by atoms with E-state index in [2.05, 4.69) is 27.8 Å². The van der Waals surface area contributed by atoms with Crippen molar-refractivity contribution in [1.29, 1.82) is 0 Å². The highest BCUT2D eigenvalue weighted by Crippen LogP contribution is 2.10. The zero-order valence-electron chi connectivity index (χ0n) is 19.5. The van der Waals surface area contributed by atoms with Crippen molar-refractivity contribution in [3.8, 4) is 11.8 Å². The van der Waals surface area contributed by atoms with E-state index in [1.807, 2.05) is 30.3 Å². The molecule has 9 heteroatoms. The molecule has 0 aliphatic carbocycles. The second kappa shape index (κ2) is 12.7. The van der Waals surface area contributed by atoms with Gasteiger partial charge in [-0.1, -0.05) is 30.0 Å². The number of nitrogens with one attached hydrogen (secondary N) is 4. The van der Waals surface area contributed by atoms with Gasteiger partial charge in [0, 0.05) is 28.1 Å². The molecule has 36 heavy (non-hydrogen) atoms. The second-order valence-electron chi connectivity index (χ2n) is 7.84. The number of hydrogen-bond acceptors (Lipinski definition) is 6. The minimum Gasteiger partial charge on any atom is -0.391 e. The fourth-order valence-electron chi connectivity index (χ4n) is 3.13. The van der Waals surface area contributed by atoms with Gasteiger partial charge in [-0.05, 0) is 67.6 Å². The number of hydrogen-bond donors (Lipinski definition) is 6. The molecule has 0 radical (unpaired) electrons. The highest BCUT2D eigenvalue weighted by Gasteiger charge is 2.25. The molecular weight excluding hydrogens is 460 g/mol. The monoisotopic (exact) mass is 486 g/mol. The number of amides is 3. The Balaban J connectivity index is 1.54. The number of anilines is 2. The molecule has 3 rings (SSSR count). The highest BCUT2D eigenvalue weighted by molar-refractivity contribution is 5.97. The maximum Gasteiger partial charge on any atom is 0.268 e. The molecule has 2 unspecified atom stereocenters. The molecule has 0 aliphatic heterocycles.